The monoisotopic (exact) mass is 240 g/mol. The molecule has 0 amide bonds. The molecule has 0 radical (unpaired) electrons. The van der Waals surface area contributed by atoms with Crippen LogP contribution in [0.3, 0.4) is 0 Å². The van der Waals surface area contributed by atoms with Crippen LogP contribution in [-0.2, 0) is 11.3 Å². The van der Waals surface area contributed by atoms with Crippen LogP contribution in [0.1, 0.15) is 25.7 Å². The van der Waals surface area contributed by atoms with Gasteiger partial charge in [0.05, 0.1) is 13.2 Å². The van der Waals surface area contributed by atoms with E-state index in [0.717, 1.165) is 13.1 Å². The molecule has 2 N–H and O–H groups in total. The number of nitrogens with one attached hydrogen (secondary N) is 2. The second kappa shape index (κ2) is 5.46. The Morgan fingerprint density at radius 2 is 2.24 bits per heavy atom. The Morgan fingerprint density at radius 1 is 1.41 bits per heavy atom. The van der Waals surface area contributed by atoms with Crippen molar-refractivity contribution < 1.29 is 9.15 Å². The van der Waals surface area contributed by atoms with Crippen molar-refractivity contribution in [1.82, 2.24) is 15.5 Å². The summed E-state index contributed by atoms with van der Waals surface area (Å²) >= 11 is 0. The maximum absolute atomic E-state index is 5.45. The first-order valence-corrected chi connectivity index (χ1v) is 5.98. The normalized spacial score (nSPS) is 17.1. The van der Waals surface area contributed by atoms with Gasteiger partial charge in [0.2, 0.25) is 5.89 Å². The number of hydrogen-bond donors (Lipinski definition) is 2. The summed E-state index contributed by atoms with van der Waals surface area (Å²) in [4.78, 5) is 0. The highest BCUT2D eigenvalue weighted by Crippen LogP contribution is 2.44. The van der Waals surface area contributed by atoms with E-state index in [1.165, 1.54) is 12.8 Å². The van der Waals surface area contributed by atoms with E-state index in [9.17, 15) is 0 Å². The molecule has 1 aromatic rings. The van der Waals surface area contributed by atoms with Crippen LogP contribution in [0.15, 0.2) is 4.42 Å². The summed E-state index contributed by atoms with van der Waals surface area (Å²) in [5.74, 6) is 0.601. The lowest BCUT2D eigenvalue weighted by atomic mass is 10.1. The van der Waals surface area contributed by atoms with E-state index in [1.807, 2.05) is 0 Å². The third kappa shape index (κ3) is 3.98. The SMILES string of the molecule is COCCNCc1nnc(NCC2(C)CC2)o1. The van der Waals surface area contributed by atoms with Crippen molar-refractivity contribution in [2.24, 2.45) is 5.41 Å². The van der Waals surface area contributed by atoms with Gasteiger partial charge in [0.15, 0.2) is 0 Å². The van der Waals surface area contributed by atoms with E-state index in [-0.39, 0.29) is 0 Å². The zero-order valence-corrected chi connectivity index (χ0v) is 10.5. The van der Waals surface area contributed by atoms with E-state index in [1.54, 1.807) is 7.11 Å². The number of methoxy groups -OCH3 is 1. The molecule has 1 fully saturated rings. The van der Waals surface area contributed by atoms with E-state index in [0.29, 0.717) is 30.5 Å². The van der Waals surface area contributed by atoms with E-state index in [2.05, 4.69) is 27.8 Å². The standard InChI is InChI=1S/C11H20N4O2/c1-11(3-4-11)8-13-10-15-14-9(17-10)7-12-5-6-16-2/h12H,3-8H2,1-2H3,(H,13,15). The first-order chi connectivity index (χ1) is 8.22. The highest BCUT2D eigenvalue weighted by molar-refractivity contribution is 5.19. The fraction of sp³-hybridized carbons (Fsp3) is 0.818. The second-order valence-corrected chi connectivity index (χ2v) is 4.83. The molecule has 6 nitrogen and oxygen atoms in total. The third-order valence-electron chi connectivity index (χ3n) is 3.00. The lowest BCUT2D eigenvalue weighted by Crippen LogP contribution is -2.18. The molecule has 0 unspecified atom stereocenters. The molecule has 1 aromatic heterocycles. The van der Waals surface area contributed by atoms with E-state index in [4.69, 9.17) is 9.15 Å². The van der Waals surface area contributed by atoms with Crippen molar-refractivity contribution in [3.8, 4) is 0 Å². The number of aromatic nitrogens is 2. The zero-order valence-electron chi connectivity index (χ0n) is 10.5. The molecule has 1 aliphatic carbocycles. The van der Waals surface area contributed by atoms with Gasteiger partial charge < -0.3 is 19.8 Å². The van der Waals surface area contributed by atoms with Gasteiger partial charge in [-0.1, -0.05) is 12.0 Å². The summed E-state index contributed by atoms with van der Waals surface area (Å²) in [7, 11) is 1.68. The summed E-state index contributed by atoms with van der Waals surface area (Å²) in [6.45, 7) is 5.20. The highest BCUT2D eigenvalue weighted by Gasteiger charge is 2.37. The van der Waals surface area contributed by atoms with Gasteiger partial charge >= 0.3 is 6.01 Å². The molecule has 1 saturated carbocycles. The molecule has 0 aliphatic heterocycles. The zero-order chi connectivity index (χ0) is 12.1. The molecule has 0 aromatic carbocycles. The Balaban J connectivity index is 1.68. The molecule has 1 aliphatic rings. The van der Waals surface area contributed by atoms with E-state index < -0.39 is 0 Å². The molecule has 0 spiro atoms. The molecule has 0 saturated heterocycles. The number of rotatable bonds is 8. The number of ether oxygens (including phenoxy) is 1. The average molecular weight is 240 g/mol. The Bertz CT molecular complexity index is 349. The van der Waals surface area contributed by atoms with Crippen molar-refractivity contribution in [1.29, 1.82) is 0 Å². The first kappa shape index (κ1) is 12.3. The molecule has 1 heterocycles. The molecule has 17 heavy (non-hydrogen) atoms. The number of nitrogens with zero attached hydrogens (tertiary/aromatic N) is 2. The van der Waals surface area contributed by atoms with Crippen molar-refractivity contribution in [3.63, 3.8) is 0 Å². The lowest BCUT2D eigenvalue weighted by Gasteiger charge is -2.06. The van der Waals surface area contributed by atoms with Gasteiger partial charge in [-0.25, -0.2) is 0 Å². The van der Waals surface area contributed by atoms with Crippen molar-refractivity contribution in [3.05, 3.63) is 5.89 Å². The Hall–Kier alpha value is -1.14. The van der Waals surface area contributed by atoms with Crippen molar-refractivity contribution in [2.75, 3.05) is 32.1 Å². The quantitative estimate of drug-likeness (QED) is 0.661. The van der Waals surface area contributed by atoms with Gasteiger partial charge in [-0.05, 0) is 18.3 Å². The highest BCUT2D eigenvalue weighted by atomic mass is 16.5. The van der Waals surface area contributed by atoms with Crippen LogP contribution >= 0.6 is 0 Å². The average Bonchev–Trinajstić information content (AvgIpc) is 2.90. The molecule has 96 valence electrons. The largest absolute Gasteiger partial charge is 0.407 e. The van der Waals surface area contributed by atoms with Crippen molar-refractivity contribution >= 4 is 6.01 Å². The minimum atomic E-state index is 0.436. The first-order valence-electron chi connectivity index (χ1n) is 5.98. The molecular formula is C11H20N4O2. The van der Waals surface area contributed by atoms with Crippen molar-refractivity contribution in [2.45, 2.75) is 26.3 Å². The Labute approximate surface area is 101 Å². The molecular weight excluding hydrogens is 220 g/mol. The van der Waals surface area contributed by atoms with Crippen LogP contribution in [-0.4, -0.2) is 37.0 Å². The minimum absolute atomic E-state index is 0.436. The van der Waals surface area contributed by atoms with E-state index >= 15 is 0 Å². The predicted molar refractivity (Wildman–Crippen MR) is 63.7 cm³/mol. The van der Waals surface area contributed by atoms with Crippen LogP contribution in [0.5, 0.6) is 0 Å². The maximum Gasteiger partial charge on any atom is 0.315 e. The van der Waals surface area contributed by atoms with Crippen LogP contribution < -0.4 is 10.6 Å². The summed E-state index contributed by atoms with van der Waals surface area (Å²) < 4.78 is 10.4. The topological polar surface area (TPSA) is 72.2 Å². The van der Waals surface area contributed by atoms with Gasteiger partial charge in [-0.15, -0.1) is 5.10 Å². The molecule has 0 atom stereocenters. The predicted octanol–water partition coefficient (Wildman–Crippen LogP) is 1.02. The van der Waals surface area contributed by atoms with Gasteiger partial charge in [0, 0.05) is 20.2 Å². The van der Waals surface area contributed by atoms with Crippen LogP contribution in [0.2, 0.25) is 0 Å². The van der Waals surface area contributed by atoms with Gasteiger partial charge in [0.25, 0.3) is 0 Å². The third-order valence-corrected chi connectivity index (χ3v) is 3.00. The Morgan fingerprint density at radius 3 is 2.94 bits per heavy atom. The smallest absolute Gasteiger partial charge is 0.315 e. The number of hydrogen-bond acceptors (Lipinski definition) is 6. The molecule has 6 heteroatoms. The lowest BCUT2D eigenvalue weighted by molar-refractivity contribution is 0.198. The minimum Gasteiger partial charge on any atom is -0.407 e. The van der Waals surface area contributed by atoms with Crippen LogP contribution in [0.25, 0.3) is 0 Å². The number of anilines is 1. The van der Waals surface area contributed by atoms with Gasteiger partial charge in [-0.2, -0.15) is 0 Å². The fourth-order valence-corrected chi connectivity index (χ4v) is 1.45. The Kier molecular flexibility index (Phi) is 3.96. The maximum atomic E-state index is 5.45. The van der Waals surface area contributed by atoms with Crippen LogP contribution in [0, 0.1) is 5.41 Å². The fourth-order valence-electron chi connectivity index (χ4n) is 1.45. The summed E-state index contributed by atoms with van der Waals surface area (Å²) in [5, 5.41) is 14.2. The molecule has 2 rings (SSSR count). The summed E-state index contributed by atoms with van der Waals surface area (Å²) in [5.41, 5.74) is 0.436. The summed E-state index contributed by atoms with van der Waals surface area (Å²) in [6, 6.07) is 0.515. The van der Waals surface area contributed by atoms with Gasteiger partial charge in [0.1, 0.15) is 0 Å². The molecule has 0 bridgehead atoms. The second-order valence-electron chi connectivity index (χ2n) is 4.83. The summed E-state index contributed by atoms with van der Waals surface area (Å²) in [6.07, 6.45) is 2.55. The van der Waals surface area contributed by atoms with Crippen LogP contribution in [0.4, 0.5) is 6.01 Å². The van der Waals surface area contributed by atoms with Gasteiger partial charge in [-0.3, -0.25) is 0 Å².